The van der Waals surface area contributed by atoms with Gasteiger partial charge in [-0.3, -0.25) is 0 Å². The molecule has 0 aliphatic rings. The van der Waals surface area contributed by atoms with E-state index in [1.54, 1.807) is 7.11 Å². The molecule has 0 saturated carbocycles. The van der Waals surface area contributed by atoms with E-state index < -0.39 is 0 Å². The number of benzene rings is 1. The van der Waals surface area contributed by atoms with Gasteiger partial charge in [0.15, 0.2) is 0 Å². The van der Waals surface area contributed by atoms with Crippen LogP contribution in [0.15, 0.2) is 30.3 Å². The SMILES string of the molecule is CCC(COC)NC(=O)Nc1ccccc1. The number of methoxy groups -OCH3 is 1. The second-order valence-electron chi connectivity index (χ2n) is 3.53. The minimum absolute atomic E-state index is 0.0497. The molecule has 0 heterocycles. The van der Waals surface area contributed by atoms with Crippen molar-refractivity contribution in [2.45, 2.75) is 19.4 Å². The van der Waals surface area contributed by atoms with Crippen LogP contribution in [0.3, 0.4) is 0 Å². The molecule has 4 nitrogen and oxygen atoms in total. The first-order valence-corrected chi connectivity index (χ1v) is 5.37. The fourth-order valence-electron chi connectivity index (χ4n) is 1.34. The van der Waals surface area contributed by atoms with E-state index in [4.69, 9.17) is 4.74 Å². The van der Waals surface area contributed by atoms with Gasteiger partial charge >= 0.3 is 6.03 Å². The van der Waals surface area contributed by atoms with Gasteiger partial charge in [-0.25, -0.2) is 4.79 Å². The van der Waals surface area contributed by atoms with E-state index in [0.29, 0.717) is 6.61 Å². The number of para-hydroxylation sites is 1. The highest BCUT2D eigenvalue weighted by Gasteiger charge is 2.09. The van der Waals surface area contributed by atoms with Crippen LogP contribution < -0.4 is 10.6 Å². The summed E-state index contributed by atoms with van der Waals surface area (Å²) in [6.45, 7) is 2.53. The number of hydrogen-bond acceptors (Lipinski definition) is 2. The number of rotatable bonds is 5. The Morgan fingerprint density at radius 2 is 2.06 bits per heavy atom. The molecule has 0 aliphatic carbocycles. The lowest BCUT2D eigenvalue weighted by molar-refractivity contribution is 0.165. The van der Waals surface area contributed by atoms with Crippen molar-refractivity contribution in [2.24, 2.45) is 0 Å². The first-order valence-electron chi connectivity index (χ1n) is 5.37. The predicted molar refractivity (Wildman–Crippen MR) is 64.6 cm³/mol. The van der Waals surface area contributed by atoms with Crippen LogP contribution in [0.1, 0.15) is 13.3 Å². The number of hydrogen-bond donors (Lipinski definition) is 2. The van der Waals surface area contributed by atoms with Crippen LogP contribution >= 0.6 is 0 Å². The lowest BCUT2D eigenvalue weighted by atomic mass is 10.2. The lowest BCUT2D eigenvalue weighted by Crippen LogP contribution is -2.40. The summed E-state index contributed by atoms with van der Waals surface area (Å²) in [5.41, 5.74) is 0.785. The molecule has 0 spiro atoms. The van der Waals surface area contributed by atoms with Gasteiger partial charge in [0.25, 0.3) is 0 Å². The highest BCUT2D eigenvalue weighted by molar-refractivity contribution is 5.89. The van der Waals surface area contributed by atoms with E-state index in [0.717, 1.165) is 12.1 Å². The molecule has 1 rings (SSSR count). The Morgan fingerprint density at radius 3 is 2.62 bits per heavy atom. The van der Waals surface area contributed by atoms with Crippen molar-refractivity contribution < 1.29 is 9.53 Å². The largest absolute Gasteiger partial charge is 0.383 e. The third kappa shape index (κ3) is 4.31. The monoisotopic (exact) mass is 222 g/mol. The first kappa shape index (κ1) is 12.5. The maximum atomic E-state index is 11.6. The van der Waals surface area contributed by atoms with Gasteiger partial charge in [0, 0.05) is 12.8 Å². The summed E-state index contributed by atoms with van der Waals surface area (Å²) in [6, 6.07) is 9.20. The molecule has 2 N–H and O–H groups in total. The minimum Gasteiger partial charge on any atom is -0.383 e. The van der Waals surface area contributed by atoms with E-state index in [1.807, 2.05) is 37.3 Å². The van der Waals surface area contributed by atoms with Crippen molar-refractivity contribution in [3.63, 3.8) is 0 Å². The molecule has 0 aromatic heterocycles. The molecule has 2 amide bonds. The number of carbonyl (C=O) groups excluding carboxylic acids is 1. The molecule has 16 heavy (non-hydrogen) atoms. The Bertz CT molecular complexity index is 314. The number of amides is 2. The fraction of sp³-hybridized carbons (Fsp3) is 0.417. The normalized spacial score (nSPS) is 11.9. The van der Waals surface area contributed by atoms with Crippen molar-refractivity contribution in [2.75, 3.05) is 19.0 Å². The van der Waals surface area contributed by atoms with Crippen LogP contribution in [-0.2, 0) is 4.74 Å². The maximum Gasteiger partial charge on any atom is 0.319 e. The van der Waals surface area contributed by atoms with Gasteiger partial charge in [0.1, 0.15) is 0 Å². The molecule has 1 aromatic rings. The van der Waals surface area contributed by atoms with Crippen LogP contribution in [0.2, 0.25) is 0 Å². The molecule has 0 bridgehead atoms. The van der Waals surface area contributed by atoms with Gasteiger partial charge in [0.05, 0.1) is 12.6 Å². The van der Waals surface area contributed by atoms with Crippen LogP contribution in [0.25, 0.3) is 0 Å². The molecule has 0 fully saturated rings. The van der Waals surface area contributed by atoms with Crippen LogP contribution in [0, 0.1) is 0 Å². The Morgan fingerprint density at radius 1 is 1.38 bits per heavy atom. The van der Waals surface area contributed by atoms with Gasteiger partial charge in [-0.05, 0) is 18.6 Å². The Hall–Kier alpha value is -1.55. The summed E-state index contributed by atoms with van der Waals surface area (Å²) in [6.07, 6.45) is 0.843. The number of anilines is 1. The zero-order chi connectivity index (χ0) is 11.8. The summed E-state index contributed by atoms with van der Waals surface area (Å²) >= 11 is 0. The predicted octanol–water partition coefficient (Wildman–Crippen LogP) is 2.23. The Kier molecular flexibility index (Phi) is 5.36. The topological polar surface area (TPSA) is 50.4 Å². The minimum atomic E-state index is -0.199. The molecule has 0 saturated heterocycles. The number of carbonyl (C=O) groups is 1. The summed E-state index contributed by atoms with van der Waals surface area (Å²) in [4.78, 5) is 11.6. The van der Waals surface area contributed by atoms with Crippen LogP contribution in [0.4, 0.5) is 10.5 Å². The third-order valence-corrected chi connectivity index (χ3v) is 2.23. The van der Waals surface area contributed by atoms with E-state index in [2.05, 4.69) is 10.6 Å². The van der Waals surface area contributed by atoms with Crippen molar-refractivity contribution in [1.82, 2.24) is 5.32 Å². The van der Waals surface area contributed by atoms with Crippen LogP contribution in [0.5, 0.6) is 0 Å². The van der Waals surface area contributed by atoms with Gasteiger partial charge < -0.3 is 15.4 Å². The summed E-state index contributed by atoms with van der Waals surface area (Å²) in [7, 11) is 1.62. The second-order valence-corrected chi connectivity index (χ2v) is 3.53. The maximum absolute atomic E-state index is 11.6. The van der Waals surface area contributed by atoms with E-state index >= 15 is 0 Å². The summed E-state index contributed by atoms with van der Waals surface area (Å²) in [5.74, 6) is 0. The molecule has 88 valence electrons. The molecule has 0 aliphatic heterocycles. The van der Waals surface area contributed by atoms with Crippen molar-refractivity contribution in [1.29, 1.82) is 0 Å². The molecule has 1 aromatic carbocycles. The summed E-state index contributed by atoms with van der Waals surface area (Å²) < 4.78 is 5.00. The Labute approximate surface area is 96.0 Å². The molecule has 1 unspecified atom stereocenters. The molecule has 1 atom stereocenters. The number of urea groups is 1. The van der Waals surface area contributed by atoms with Gasteiger partial charge in [-0.1, -0.05) is 25.1 Å². The average molecular weight is 222 g/mol. The van der Waals surface area contributed by atoms with Gasteiger partial charge in [-0.15, -0.1) is 0 Å². The van der Waals surface area contributed by atoms with Crippen molar-refractivity contribution in [3.8, 4) is 0 Å². The zero-order valence-corrected chi connectivity index (χ0v) is 9.69. The lowest BCUT2D eigenvalue weighted by Gasteiger charge is -2.16. The van der Waals surface area contributed by atoms with Gasteiger partial charge in [0.2, 0.25) is 0 Å². The third-order valence-electron chi connectivity index (χ3n) is 2.23. The van der Waals surface area contributed by atoms with E-state index in [1.165, 1.54) is 0 Å². The molecule has 4 heteroatoms. The molecule has 0 radical (unpaired) electrons. The van der Waals surface area contributed by atoms with Crippen molar-refractivity contribution in [3.05, 3.63) is 30.3 Å². The Balaban J connectivity index is 2.41. The fourth-order valence-corrected chi connectivity index (χ4v) is 1.34. The summed E-state index contributed by atoms with van der Waals surface area (Å²) in [5, 5.41) is 5.60. The number of nitrogens with one attached hydrogen (secondary N) is 2. The average Bonchev–Trinajstić information content (AvgIpc) is 2.29. The number of ether oxygens (including phenoxy) is 1. The first-order chi connectivity index (χ1) is 7.76. The van der Waals surface area contributed by atoms with E-state index in [-0.39, 0.29) is 12.1 Å². The van der Waals surface area contributed by atoms with E-state index in [9.17, 15) is 4.79 Å². The molecular formula is C12H18N2O2. The van der Waals surface area contributed by atoms with Crippen LogP contribution in [-0.4, -0.2) is 25.8 Å². The van der Waals surface area contributed by atoms with Crippen molar-refractivity contribution >= 4 is 11.7 Å². The second kappa shape index (κ2) is 6.85. The molecular weight excluding hydrogens is 204 g/mol. The smallest absolute Gasteiger partial charge is 0.319 e. The zero-order valence-electron chi connectivity index (χ0n) is 9.69. The standard InChI is InChI=1S/C12H18N2O2/c1-3-10(9-16-2)13-12(15)14-11-7-5-4-6-8-11/h4-8,10H,3,9H2,1-2H3,(H2,13,14,15). The highest BCUT2D eigenvalue weighted by atomic mass is 16.5. The van der Waals surface area contributed by atoms with Gasteiger partial charge in [-0.2, -0.15) is 0 Å². The highest BCUT2D eigenvalue weighted by Crippen LogP contribution is 2.04. The quantitative estimate of drug-likeness (QED) is 0.802.